The highest BCUT2D eigenvalue weighted by atomic mass is 16.4. The van der Waals surface area contributed by atoms with Gasteiger partial charge in [-0.15, -0.1) is 0 Å². The fourth-order valence-electron chi connectivity index (χ4n) is 3.59. The number of benzene rings is 2. The minimum atomic E-state index is -0.922. The average Bonchev–Trinajstić information content (AvgIpc) is 2.61. The van der Waals surface area contributed by atoms with Crippen molar-refractivity contribution in [3.05, 3.63) is 64.7 Å². The maximum absolute atomic E-state index is 12.0. The lowest BCUT2D eigenvalue weighted by atomic mass is 9.76. The summed E-state index contributed by atoms with van der Waals surface area (Å²) in [4.78, 5) is 24.8. The Bertz CT molecular complexity index is 923. The molecule has 0 fully saturated rings. The van der Waals surface area contributed by atoms with Crippen LogP contribution in [0.25, 0.3) is 11.6 Å². The van der Waals surface area contributed by atoms with Crippen molar-refractivity contribution in [2.24, 2.45) is 0 Å². The first-order valence-corrected chi connectivity index (χ1v) is 9.14. The van der Waals surface area contributed by atoms with Crippen LogP contribution in [0.3, 0.4) is 0 Å². The van der Waals surface area contributed by atoms with Crippen LogP contribution in [0.4, 0.5) is 5.69 Å². The van der Waals surface area contributed by atoms with Crippen LogP contribution in [-0.4, -0.2) is 23.5 Å². The molecule has 2 aromatic rings. The zero-order valence-corrected chi connectivity index (χ0v) is 16.2. The lowest BCUT2D eigenvalue weighted by molar-refractivity contribution is -0.116. The number of fused-ring (bicyclic) bond motifs is 1. The number of carboxylic acid groups (broad SMARTS) is 1. The van der Waals surface area contributed by atoms with E-state index in [0.29, 0.717) is 0 Å². The van der Waals surface area contributed by atoms with Crippen molar-refractivity contribution >= 4 is 29.2 Å². The van der Waals surface area contributed by atoms with E-state index in [-0.39, 0.29) is 16.9 Å². The monoisotopic (exact) mass is 363 g/mol. The standard InChI is InChI=1S/C23H25NO3/c1-15(13-17-5-7-18(8-6-17)22(26)27)19-9-10-21-20(14-19)23(3,4)11-12-24(21)16(2)25/h5-10,13-14H,11-12H2,1-4H3,(H,26,27). The summed E-state index contributed by atoms with van der Waals surface area (Å²) in [5, 5.41) is 9.01. The van der Waals surface area contributed by atoms with Crippen LogP contribution in [0.5, 0.6) is 0 Å². The second-order valence-corrected chi connectivity index (χ2v) is 7.79. The Morgan fingerprint density at radius 3 is 2.26 bits per heavy atom. The second-order valence-electron chi connectivity index (χ2n) is 7.79. The van der Waals surface area contributed by atoms with Gasteiger partial charge < -0.3 is 10.0 Å². The van der Waals surface area contributed by atoms with Gasteiger partial charge in [0.1, 0.15) is 0 Å². The molecule has 1 N–H and O–H groups in total. The summed E-state index contributed by atoms with van der Waals surface area (Å²) in [6, 6.07) is 13.1. The summed E-state index contributed by atoms with van der Waals surface area (Å²) >= 11 is 0. The third kappa shape index (κ3) is 3.80. The SMILES string of the molecule is CC(=O)N1CCC(C)(C)c2cc(C(C)=Cc3ccc(C(=O)O)cc3)ccc21. The van der Waals surface area contributed by atoms with Crippen LogP contribution in [-0.2, 0) is 10.2 Å². The van der Waals surface area contributed by atoms with Gasteiger partial charge in [0, 0.05) is 19.2 Å². The molecule has 4 heteroatoms. The van der Waals surface area contributed by atoms with E-state index < -0.39 is 5.97 Å². The Kier molecular flexibility index (Phi) is 4.92. The summed E-state index contributed by atoms with van der Waals surface area (Å²) in [6.07, 6.45) is 2.98. The number of carbonyl (C=O) groups excluding carboxylic acids is 1. The molecule has 0 bridgehead atoms. The summed E-state index contributed by atoms with van der Waals surface area (Å²) in [7, 11) is 0. The van der Waals surface area contributed by atoms with Crippen molar-refractivity contribution in [2.45, 2.75) is 39.5 Å². The molecule has 1 aliphatic heterocycles. The number of nitrogens with zero attached hydrogens (tertiary/aromatic N) is 1. The minimum absolute atomic E-state index is 0.0146. The van der Waals surface area contributed by atoms with E-state index in [9.17, 15) is 9.59 Å². The molecule has 27 heavy (non-hydrogen) atoms. The molecule has 2 aromatic carbocycles. The average molecular weight is 363 g/mol. The summed E-state index contributed by atoms with van der Waals surface area (Å²) < 4.78 is 0. The molecule has 0 atom stereocenters. The largest absolute Gasteiger partial charge is 0.478 e. The van der Waals surface area contributed by atoms with Gasteiger partial charge in [-0.05, 0) is 65.3 Å². The van der Waals surface area contributed by atoms with Gasteiger partial charge in [-0.2, -0.15) is 0 Å². The molecular formula is C23H25NO3. The molecule has 0 radical (unpaired) electrons. The van der Waals surface area contributed by atoms with Gasteiger partial charge in [0.05, 0.1) is 5.56 Å². The Hall–Kier alpha value is -2.88. The van der Waals surface area contributed by atoms with E-state index in [1.54, 1.807) is 19.1 Å². The van der Waals surface area contributed by atoms with E-state index in [0.717, 1.165) is 35.4 Å². The molecule has 0 unspecified atom stereocenters. The number of rotatable bonds is 3. The van der Waals surface area contributed by atoms with E-state index >= 15 is 0 Å². The Labute approximate surface area is 160 Å². The van der Waals surface area contributed by atoms with Gasteiger partial charge in [-0.3, -0.25) is 4.79 Å². The van der Waals surface area contributed by atoms with Crippen LogP contribution in [0.15, 0.2) is 42.5 Å². The highest BCUT2D eigenvalue weighted by molar-refractivity contribution is 5.94. The zero-order valence-electron chi connectivity index (χ0n) is 16.2. The minimum Gasteiger partial charge on any atom is -0.478 e. The van der Waals surface area contributed by atoms with Crippen molar-refractivity contribution in [3.63, 3.8) is 0 Å². The first-order valence-electron chi connectivity index (χ1n) is 9.14. The van der Waals surface area contributed by atoms with Gasteiger partial charge in [0.2, 0.25) is 5.91 Å². The number of allylic oxidation sites excluding steroid dienone is 1. The van der Waals surface area contributed by atoms with Crippen LogP contribution in [0, 0.1) is 0 Å². The Morgan fingerprint density at radius 1 is 1.04 bits per heavy atom. The molecule has 4 nitrogen and oxygen atoms in total. The highest BCUT2D eigenvalue weighted by Crippen LogP contribution is 2.41. The van der Waals surface area contributed by atoms with Crippen molar-refractivity contribution in [3.8, 4) is 0 Å². The van der Waals surface area contributed by atoms with Crippen LogP contribution < -0.4 is 4.90 Å². The Morgan fingerprint density at radius 2 is 1.67 bits per heavy atom. The van der Waals surface area contributed by atoms with Gasteiger partial charge in [-0.25, -0.2) is 4.79 Å². The fraction of sp³-hybridized carbons (Fsp3) is 0.304. The smallest absolute Gasteiger partial charge is 0.335 e. The molecule has 1 amide bonds. The van der Waals surface area contributed by atoms with Crippen molar-refractivity contribution in [2.75, 3.05) is 11.4 Å². The predicted octanol–water partition coefficient (Wildman–Crippen LogP) is 4.98. The quantitative estimate of drug-likeness (QED) is 0.783. The van der Waals surface area contributed by atoms with Crippen molar-refractivity contribution < 1.29 is 14.7 Å². The molecule has 1 aliphatic rings. The van der Waals surface area contributed by atoms with E-state index in [1.807, 2.05) is 42.2 Å². The van der Waals surface area contributed by atoms with Gasteiger partial charge in [0.15, 0.2) is 0 Å². The normalized spacial score (nSPS) is 16.0. The molecule has 0 aliphatic carbocycles. The van der Waals surface area contributed by atoms with Crippen molar-refractivity contribution in [1.29, 1.82) is 0 Å². The number of hydrogen-bond donors (Lipinski definition) is 1. The molecule has 0 saturated heterocycles. The third-order valence-electron chi connectivity index (χ3n) is 5.35. The first-order chi connectivity index (χ1) is 12.7. The van der Waals surface area contributed by atoms with Gasteiger partial charge in [-0.1, -0.05) is 38.1 Å². The van der Waals surface area contributed by atoms with E-state index in [4.69, 9.17) is 5.11 Å². The van der Waals surface area contributed by atoms with Crippen molar-refractivity contribution in [1.82, 2.24) is 0 Å². The number of carboxylic acids is 1. The molecule has 0 aromatic heterocycles. The number of aromatic carboxylic acids is 1. The molecular weight excluding hydrogens is 338 g/mol. The third-order valence-corrected chi connectivity index (χ3v) is 5.35. The molecule has 3 rings (SSSR count). The lowest BCUT2D eigenvalue weighted by Crippen LogP contribution is -2.39. The number of amides is 1. The number of anilines is 1. The molecule has 0 saturated carbocycles. The zero-order chi connectivity index (χ0) is 19.8. The number of carbonyl (C=O) groups is 2. The van der Waals surface area contributed by atoms with E-state index in [2.05, 4.69) is 19.9 Å². The van der Waals surface area contributed by atoms with Gasteiger partial charge >= 0.3 is 5.97 Å². The first kappa shape index (κ1) is 18.9. The van der Waals surface area contributed by atoms with Crippen LogP contribution in [0.2, 0.25) is 0 Å². The van der Waals surface area contributed by atoms with Crippen LogP contribution >= 0.6 is 0 Å². The second kappa shape index (κ2) is 7.03. The van der Waals surface area contributed by atoms with Gasteiger partial charge in [0.25, 0.3) is 0 Å². The number of hydrogen-bond acceptors (Lipinski definition) is 2. The summed E-state index contributed by atoms with van der Waals surface area (Å²) in [5.41, 5.74) is 5.65. The summed E-state index contributed by atoms with van der Waals surface area (Å²) in [6.45, 7) is 8.85. The maximum atomic E-state index is 12.0. The highest BCUT2D eigenvalue weighted by Gasteiger charge is 2.32. The lowest BCUT2D eigenvalue weighted by Gasteiger charge is -2.39. The van der Waals surface area contributed by atoms with Crippen LogP contribution in [0.1, 0.15) is 61.2 Å². The maximum Gasteiger partial charge on any atom is 0.335 e. The fourth-order valence-corrected chi connectivity index (χ4v) is 3.59. The molecule has 1 heterocycles. The van der Waals surface area contributed by atoms with E-state index in [1.165, 1.54) is 5.56 Å². The molecule has 0 spiro atoms. The topological polar surface area (TPSA) is 57.6 Å². The predicted molar refractivity (Wildman–Crippen MR) is 109 cm³/mol. The Balaban J connectivity index is 1.97. The molecule has 140 valence electrons. The summed E-state index contributed by atoms with van der Waals surface area (Å²) in [5.74, 6) is -0.848.